The van der Waals surface area contributed by atoms with Gasteiger partial charge < -0.3 is 10.0 Å². The number of benzene rings is 2. The molecular formula is C17H17ClFNO. The zero-order valence-corrected chi connectivity index (χ0v) is 12.4. The molecule has 21 heavy (non-hydrogen) atoms. The van der Waals surface area contributed by atoms with E-state index in [9.17, 15) is 9.50 Å². The molecule has 4 heteroatoms. The highest BCUT2D eigenvalue weighted by Gasteiger charge is 2.22. The number of para-hydroxylation sites is 1. The fourth-order valence-corrected chi connectivity index (χ4v) is 3.07. The van der Waals surface area contributed by atoms with Crippen LogP contribution in [0.3, 0.4) is 0 Å². The monoisotopic (exact) mass is 305 g/mol. The smallest absolute Gasteiger partial charge is 0.129 e. The average molecular weight is 306 g/mol. The van der Waals surface area contributed by atoms with E-state index in [0.717, 1.165) is 30.6 Å². The molecule has 0 spiro atoms. The Labute approximate surface area is 128 Å². The van der Waals surface area contributed by atoms with Crippen molar-refractivity contribution < 1.29 is 9.50 Å². The third kappa shape index (κ3) is 2.89. The summed E-state index contributed by atoms with van der Waals surface area (Å²) in [5.74, 6) is -0.287. The molecule has 0 aliphatic carbocycles. The van der Waals surface area contributed by atoms with Crippen molar-refractivity contribution in [2.45, 2.75) is 25.5 Å². The first-order valence-corrected chi connectivity index (χ1v) is 7.49. The SMILES string of the molecule is OC1CCCN(Cc2c(F)cccc2Cl)c2ccccc21. The fourth-order valence-electron chi connectivity index (χ4n) is 2.85. The Hall–Kier alpha value is -1.58. The van der Waals surface area contributed by atoms with Gasteiger partial charge in [0.25, 0.3) is 0 Å². The zero-order chi connectivity index (χ0) is 14.8. The van der Waals surface area contributed by atoms with Crippen LogP contribution >= 0.6 is 11.6 Å². The number of rotatable bonds is 2. The van der Waals surface area contributed by atoms with Gasteiger partial charge in [0.15, 0.2) is 0 Å². The Kier molecular flexibility index (Phi) is 4.13. The Morgan fingerprint density at radius 2 is 2.00 bits per heavy atom. The van der Waals surface area contributed by atoms with Crippen molar-refractivity contribution in [2.75, 3.05) is 11.4 Å². The summed E-state index contributed by atoms with van der Waals surface area (Å²) < 4.78 is 14.0. The molecule has 1 N–H and O–H groups in total. The zero-order valence-electron chi connectivity index (χ0n) is 11.6. The topological polar surface area (TPSA) is 23.5 Å². The highest BCUT2D eigenvalue weighted by atomic mass is 35.5. The van der Waals surface area contributed by atoms with Crippen molar-refractivity contribution in [1.29, 1.82) is 0 Å². The second-order valence-corrected chi connectivity index (χ2v) is 5.75. The molecule has 1 atom stereocenters. The van der Waals surface area contributed by atoms with E-state index in [4.69, 9.17) is 11.6 Å². The molecule has 0 fully saturated rings. The molecule has 0 amide bonds. The molecule has 110 valence electrons. The van der Waals surface area contributed by atoms with Gasteiger partial charge in [0.1, 0.15) is 5.82 Å². The van der Waals surface area contributed by atoms with E-state index in [-0.39, 0.29) is 5.82 Å². The number of anilines is 1. The summed E-state index contributed by atoms with van der Waals surface area (Å²) in [4.78, 5) is 2.09. The van der Waals surface area contributed by atoms with Crippen LogP contribution in [0.2, 0.25) is 5.02 Å². The molecule has 1 heterocycles. The highest BCUT2D eigenvalue weighted by molar-refractivity contribution is 6.31. The molecule has 0 bridgehead atoms. The lowest BCUT2D eigenvalue weighted by Crippen LogP contribution is -2.24. The third-order valence-corrected chi connectivity index (χ3v) is 4.31. The van der Waals surface area contributed by atoms with Crippen LogP contribution < -0.4 is 4.90 Å². The first-order chi connectivity index (χ1) is 10.2. The molecule has 0 saturated carbocycles. The molecule has 0 aromatic heterocycles. The number of fused-ring (bicyclic) bond motifs is 1. The summed E-state index contributed by atoms with van der Waals surface area (Å²) in [5, 5.41) is 10.6. The van der Waals surface area contributed by atoms with E-state index in [1.807, 2.05) is 24.3 Å². The molecule has 0 radical (unpaired) electrons. The standard InChI is InChI=1S/C17H17ClFNO/c18-14-6-3-7-15(19)13(14)11-20-10-4-9-17(21)12-5-1-2-8-16(12)20/h1-3,5-8,17,21H,4,9-11H2. The maximum atomic E-state index is 14.0. The van der Waals surface area contributed by atoms with Crippen LogP contribution in [0.5, 0.6) is 0 Å². The number of nitrogens with zero attached hydrogens (tertiary/aromatic N) is 1. The predicted octanol–water partition coefficient (Wildman–Crippen LogP) is 4.31. The maximum absolute atomic E-state index is 14.0. The molecule has 2 nitrogen and oxygen atoms in total. The largest absolute Gasteiger partial charge is 0.388 e. The molecule has 1 aliphatic rings. The van der Waals surface area contributed by atoms with Crippen LogP contribution in [0.1, 0.15) is 30.1 Å². The van der Waals surface area contributed by atoms with Crippen molar-refractivity contribution in [3.05, 3.63) is 64.4 Å². The minimum absolute atomic E-state index is 0.287. The van der Waals surface area contributed by atoms with E-state index >= 15 is 0 Å². The lowest BCUT2D eigenvalue weighted by molar-refractivity contribution is 0.168. The summed E-state index contributed by atoms with van der Waals surface area (Å²) in [5.41, 5.74) is 2.37. The Balaban J connectivity index is 1.97. The van der Waals surface area contributed by atoms with Gasteiger partial charge in [-0.15, -0.1) is 0 Å². The Bertz CT molecular complexity index is 626. The van der Waals surface area contributed by atoms with Crippen LogP contribution in [0.25, 0.3) is 0 Å². The van der Waals surface area contributed by atoms with Gasteiger partial charge in [-0.3, -0.25) is 0 Å². The van der Waals surface area contributed by atoms with Crippen molar-refractivity contribution in [3.8, 4) is 0 Å². The van der Waals surface area contributed by atoms with Crippen molar-refractivity contribution in [2.24, 2.45) is 0 Å². The molecule has 1 aliphatic heterocycles. The molecule has 2 aromatic rings. The van der Waals surface area contributed by atoms with Gasteiger partial charge >= 0.3 is 0 Å². The fraction of sp³-hybridized carbons (Fsp3) is 0.294. The minimum Gasteiger partial charge on any atom is -0.388 e. The number of halogens is 2. The van der Waals surface area contributed by atoms with Gasteiger partial charge in [-0.05, 0) is 31.0 Å². The molecule has 0 saturated heterocycles. The van der Waals surface area contributed by atoms with Crippen molar-refractivity contribution in [1.82, 2.24) is 0 Å². The molecule has 2 aromatic carbocycles. The summed E-state index contributed by atoms with van der Waals surface area (Å²) in [7, 11) is 0. The predicted molar refractivity (Wildman–Crippen MR) is 83.1 cm³/mol. The van der Waals surface area contributed by atoms with Gasteiger partial charge in [-0.2, -0.15) is 0 Å². The summed E-state index contributed by atoms with van der Waals surface area (Å²) in [6.45, 7) is 1.19. The summed E-state index contributed by atoms with van der Waals surface area (Å²) in [6, 6.07) is 12.5. The van der Waals surface area contributed by atoms with Gasteiger partial charge in [0, 0.05) is 34.9 Å². The van der Waals surface area contributed by atoms with Crippen LogP contribution in [0.4, 0.5) is 10.1 Å². The molecular weight excluding hydrogens is 289 g/mol. The lowest BCUT2D eigenvalue weighted by atomic mass is 10.0. The second-order valence-electron chi connectivity index (χ2n) is 5.34. The van der Waals surface area contributed by atoms with E-state index < -0.39 is 6.10 Å². The van der Waals surface area contributed by atoms with Gasteiger partial charge in [-0.1, -0.05) is 35.9 Å². The first kappa shape index (κ1) is 14.4. The number of hydrogen-bond acceptors (Lipinski definition) is 2. The van der Waals surface area contributed by atoms with Crippen LogP contribution in [-0.4, -0.2) is 11.7 Å². The van der Waals surface area contributed by atoms with Crippen LogP contribution in [0, 0.1) is 5.82 Å². The third-order valence-electron chi connectivity index (χ3n) is 3.95. The van der Waals surface area contributed by atoms with Crippen molar-refractivity contribution in [3.63, 3.8) is 0 Å². The van der Waals surface area contributed by atoms with Crippen LogP contribution in [0.15, 0.2) is 42.5 Å². The van der Waals surface area contributed by atoms with Gasteiger partial charge in [0.05, 0.1) is 6.10 Å². The normalized spacial score (nSPS) is 18.2. The Morgan fingerprint density at radius 1 is 1.19 bits per heavy atom. The van der Waals surface area contributed by atoms with E-state index in [1.165, 1.54) is 6.07 Å². The minimum atomic E-state index is -0.456. The van der Waals surface area contributed by atoms with Gasteiger partial charge in [-0.25, -0.2) is 4.39 Å². The molecule has 3 rings (SSSR count). The first-order valence-electron chi connectivity index (χ1n) is 7.11. The van der Waals surface area contributed by atoms with E-state index in [1.54, 1.807) is 12.1 Å². The number of aliphatic hydroxyl groups is 1. The second kappa shape index (κ2) is 6.04. The maximum Gasteiger partial charge on any atom is 0.129 e. The van der Waals surface area contributed by atoms with E-state index in [0.29, 0.717) is 17.1 Å². The average Bonchev–Trinajstić information content (AvgIpc) is 2.63. The van der Waals surface area contributed by atoms with E-state index in [2.05, 4.69) is 4.90 Å². The number of aliphatic hydroxyl groups excluding tert-OH is 1. The molecule has 1 unspecified atom stereocenters. The van der Waals surface area contributed by atoms with Crippen molar-refractivity contribution >= 4 is 17.3 Å². The summed E-state index contributed by atoms with van der Waals surface area (Å²) >= 11 is 6.13. The number of hydrogen-bond donors (Lipinski definition) is 1. The van der Waals surface area contributed by atoms with Gasteiger partial charge in [0.2, 0.25) is 0 Å². The highest BCUT2D eigenvalue weighted by Crippen LogP contribution is 2.34. The summed E-state index contributed by atoms with van der Waals surface area (Å²) in [6.07, 6.45) is 1.13. The Morgan fingerprint density at radius 3 is 2.81 bits per heavy atom. The van der Waals surface area contributed by atoms with Crippen LogP contribution in [-0.2, 0) is 6.54 Å². The quantitative estimate of drug-likeness (QED) is 0.893. The lowest BCUT2D eigenvalue weighted by Gasteiger charge is -2.26.